The van der Waals surface area contributed by atoms with Crippen molar-refractivity contribution >= 4 is 23.2 Å². The Morgan fingerprint density at radius 1 is 1.08 bits per heavy atom. The maximum Gasteiger partial charge on any atom is 0.258 e. The number of halogens is 2. The van der Waals surface area contributed by atoms with Crippen LogP contribution in [0.2, 0.25) is 0 Å². The van der Waals surface area contributed by atoms with E-state index in [0.717, 1.165) is 37.7 Å². The summed E-state index contributed by atoms with van der Waals surface area (Å²) in [6.07, 6.45) is 1.00. The van der Waals surface area contributed by atoms with E-state index in [-0.39, 0.29) is 22.6 Å². The topological polar surface area (TPSA) is 73.3 Å². The number of nitrogens with zero attached hydrogens (tertiary/aromatic N) is 1. The summed E-state index contributed by atoms with van der Waals surface area (Å²) in [6, 6.07) is 7.34. The van der Waals surface area contributed by atoms with Crippen LogP contribution >= 0.6 is 0 Å². The third-order valence-electron chi connectivity index (χ3n) is 4.27. The Labute approximate surface area is 149 Å². The fourth-order valence-corrected chi connectivity index (χ4v) is 2.68. The van der Waals surface area contributed by atoms with Crippen LogP contribution in [-0.2, 0) is 0 Å². The van der Waals surface area contributed by atoms with E-state index in [1.54, 1.807) is 0 Å². The van der Waals surface area contributed by atoms with Crippen molar-refractivity contribution in [3.05, 3.63) is 64.7 Å². The molecule has 2 aromatic carbocycles. The van der Waals surface area contributed by atoms with Crippen molar-refractivity contribution in [3.8, 4) is 0 Å². The number of hydrogen-bond acceptors (Lipinski definition) is 3. The minimum Gasteiger partial charge on any atom is -0.356 e. The molecule has 0 spiro atoms. The maximum atomic E-state index is 14.4. The normalized spacial score (nSPS) is 13.1. The first kappa shape index (κ1) is 17.7. The van der Waals surface area contributed by atoms with Crippen LogP contribution in [0.5, 0.6) is 0 Å². The highest BCUT2D eigenvalue weighted by molar-refractivity contribution is 6.09. The van der Waals surface area contributed by atoms with Crippen LogP contribution in [0, 0.1) is 17.0 Å². The molecular weight excluding hydrogens is 340 g/mol. The number of likely N-dealkylation sites (tertiary alicyclic amines) is 1. The first-order chi connectivity index (χ1) is 12.4. The van der Waals surface area contributed by atoms with Crippen molar-refractivity contribution < 1.29 is 18.4 Å². The summed E-state index contributed by atoms with van der Waals surface area (Å²) >= 11 is 0. The van der Waals surface area contributed by atoms with Crippen LogP contribution in [0.1, 0.15) is 39.6 Å². The van der Waals surface area contributed by atoms with Crippen molar-refractivity contribution in [2.45, 2.75) is 13.3 Å². The van der Waals surface area contributed by atoms with Gasteiger partial charge in [0.25, 0.3) is 5.91 Å². The number of amides is 1. The molecule has 0 saturated carbocycles. The molecule has 0 aromatic heterocycles. The molecule has 26 heavy (non-hydrogen) atoms. The Hall–Kier alpha value is -3.09. The number of nitrogens with one attached hydrogen (secondary N) is 2. The number of carbonyl (C=O) groups is 2. The minimum atomic E-state index is -0.767. The van der Waals surface area contributed by atoms with Crippen molar-refractivity contribution in [1.82, 2.24) is 4.90 Å². The molecule has 7 heteroatoms. The zero-order valence-corrected chi connectivity index (χ0v) is 14.1. The number of anilines is 1. The number of Topliss-reactive ketones (excluding diaryl/α,β-unsaturated/α-hetero) is 1. The van der Waals surface area contributed by atoms with Gasteiger partial charge in [0.2, 0.25) is 0 Å². The summed E-state index contributed by atoms with van der Waals surface area (Å²) in [4.78, 5) is 25.8. The lowest BCUT2D eigenvalue weighted by molar-refractivity contribution is 0.101. The summed E-state index contributed by atoms with van der Waals surface area (Å²) in [7, 11) is 0. The minimum absolute atomic E-state index is 0.00920. The van der Waals surface area contributed by atoms with Crippen LogP contribution in [0.4, 0.5) is 14.5 Å². The Morgan fingerprint density at radius 3 is 2.38 bits per heavy atom. The molecule has 1 aliphatic rings. The van der Waals surface area contributed by atoms with Gasteiger partial charge >= 0.3 is 0 Å². The summed E-state index contributed by atoms with van der Waals surface area (Å²) in [6.45, 7) is 2.78. The Morgan fingerprint density at radius 2 is 1.81 bits per heavy atom. The fourth-order valence-electron chi connectivity index (χ4n) is 2.68. The number of hydrogen-bond donors (Lipinski definition) is 2. The van der Waals surface area contributed by atoms with E-state index >= 15 is 0 Å². The molecule has 0 bridgehead atoms. The van der Waals surface area contributed by atoms with Crippen LogP contribution < -0.4 is 5.32 Å². The van der Waals surface area contributed by atoms with Gasteiger partial charge in [-0.05, 0) is 43.7 Å². The highest BCUT2D eigenvalue weighted by Crippen LogP contribution is 2.21. The molecular formula is C19H17F2N3O2. The molecule has 2 N–H and O–H groups in total. The predicted molar refractivity (Wildman–Crippen MR) is 93.8 cm³/mol. The Bertz CT molecular complexity index is 908. The molecule has 1 amide bonds. The van der Waals surface area contributed by atoms with Crippen LogP contribution in [0.3, 0.4) is 0 Å². The second-order valence-electron chi connectivity index (χ2n) is 6.08. The second-order valence-corrected chi connectivity index (χ2v) is 6.08. The number of rotatable bonds is 4. The SMILES string of the molecule is CC(=O)c1cc(F)ccc1NC(=O)c1ccc(C(=N)N2CCC2)cc1F. The van der Waals surface area contributed by atoms with Crippen LogP contribution in [0.25, 0.3) is 0 Å². The molecule has 0 unspecified atom stereocenters. The van der Waals surface area contributed by atoms with Gasteiger partial charge in [0.1, 0.15) is 17.5 Å². The summed E-state index contributed by atoms with van der Waals surface area (Å²) in [5, 5.41) is 10.5. The van der Waals surface area contributed by atoms with Gasteiger partial charge in [0.15, 0.2) is 5.78 Å². The Balaban J connectivity index is 1.82. The fraction of sp³-hybridized carbons (Fsp3) is 0.211. The van der Waals surface area contributed by atoms with E-state index in [4.69, 9.17) is 5.41 Å². The van der Waals surface area contributed by atoms with E-state index < -0.39 is 23.3 Å². The van der Waals surface area contributed by atoms with Crippen LogP contribution in [-0.4, -0.2) is 35.5 Å². The predicted octanol–water partition coefficient (Wildman–Crippen LogP) is 3.45. The molecule has 0 aliphatic carbocycles. The van der Waals surface area contributed by atoms with Gasteiger partial charge in [-0.25, -0.2) is 8.78 Å². The molecule has 0 radical (unpaired) electrons. The second kappa shape index (κ2) is 7.03. The van der Waals surface area contributed by atoms with Crippen molar-refractivity contribution in [2.75, 3.05) is 18.4 Å². The average molecular weight is 357 g/mol. The lowest BCUT2D eigenvalue weighted by atomic mass is 10.1. The molecule has 2 aromatic rings. The quantitative estimate of drug-likeness (QED) is 0.500. The van der Waals surface area contributed by atoms with Crippen molar-refractivity contribution in [3.63, 3.8) is 0 Å². The van der Waals surface area contributed by atoms with E-state index in [9.17, 15) is 18.4 Å². The third kappa shape index (κ3) is 3.46. The van der Waals surface area contributed by atoms with Gasteiger partial charge in [0.05, 0.1) is 11.3 Å². The maximum absolute atomic E-state index is 14.4. The number of ketones is 1. The summed E-state index contributed by atoms with van der Waals surface area (Å²) < 4.78 is 27.7. The number of benzene rings is 2. The zero-order chi connectivity index (χ0) is 18.8. The van der Waals surface area contributed by atoms with Gasteiger partial charge in [-0.1, -0.05) is 6.07 Å². The molecule has 0 atom stereocenters. The molecule has 3 rings (SSSR count). The lowest BCUT2D eigenvalue weighted by Gasteiger charge is -2.33. The number of carbonyl (C=O) groups excluding carboxylic acids is 2. The molecule has 1 saturated heterocycles. The van der Waals surface area contributed by atoms with Gasteiger partial charge in [0, 0.05) is 24.2 Å². The van der Waals surface area contributed by atoms with E-state index in [2.05, 4.69) is 5.32 Å². The van der Waals surface area contributed by atoms with Gasteiger partial charge in [-0.3, -0.25) is 15.0 Å². The van der Waals surface area contributed by atoms with Crippen molar-refractivity contribution in [2.24, 2.45) is 0 Å². The summed E-state index contributed by atoms with van der Waals surface area (Å²) in [5.41, 5.74) is 0.296. The highest BCUT2D eigenvalue weighted by atomic mass is 19.1. The number of amidine groups is 1. The molecule has 1 aliphatic heterocycles. The lowest BCUT2D eigenvalue weighted by Crippen LogP contribution is -2.42. The van der Waals surface area contributed by atoms with E-state index in [1.807, 2.05) is 4.90 Å². The van der Waals surface area contributed by atoms with Gasteiger partial charge in [-0.15, -0.1) is 0 Å². The smallest absolute Gasteiger partial charge is 0.258 e. The van der Waals surface area contributed by atoms with Crippen LogP contribution in [0.15, 0.2) is 36.4 Å². The molecule has 5 nitrogen and oxygen atoms in total. The zero-order valence-electron chi connectivity index (χ0n) is 14.1. The van der Waals surface area contributed by atoms with Crippen molar-refractivity contribution in [1.29, 1.82) is 5.41 Å². The first-order valence-corrected chi connectivity index (χ1v) is 8.12. The van der Waals surface area contributed by atoms with Gasteiger partial charge < -0.3 is 10.2 Å². The largest absolute Gasteiger partial charge is 0.356 e. The molecule has 1 fully saturated rings. The molecule has 1 heterocycles. The van der Waals surface area contributed by atoms with Gasteiger partial charge in [-0.2, -0.15) is 0 Å². The molecule has 134 valence electrons. The Kier molecular flexibility index (Phi) is 4.79. The standard InChI is InChI=1S/C19H17F2N3O2/c1-11(25)15-10-13(20)4-6-17(15)23-19(26)14-5-3-12(9-16(14)21)18(22)24-7-2-8-24/h3-6,9-10,22H,2,7-8H2,1H3,(H,23,26). The average Bonchev–Trinajstić information content (AvgIpc) is 2.54. The first-order valence-electron chi connectivity index (χ1n) is 8.12. The van der Waals surface area contributed by atoms with E-state index in [1.165, 1.54) is 25.1 Å². The monoisotopic (exact) mass is 357 g/mol. The highest BCUT2D eigenvalue weighted by Gasteiger charge is 2.21. The summed E-state index contributed by atoms with van der Waals surface area (Å²) in [5.74, 6) is -2.32. The third-order valence-corrected chi connectivity index (χ3v) is 4.27. The van der Waals surface area contributed by atoms with E-state index in [0.29, 0.717) is 5.56 Å².